The Morgan fingerprint density at radius 2 is 1.71 bits per heavy atom. The molecule has 21 heavy (non-hydrogen) atoms. The fourth-order valence-corrected chi connectivity index (χ4v) is 2.96. The summed E-state index contributed by atoms with van der Waals surface area (Å²) in [6.07, 6.45) is 0.286. The van der Waals surface area contributed by atoms with Crippen molar-refractivity contribution >= 4 is 17.4 Å². The van der Waals surface area contributed by atoms with Crippen LogP contribution in [0.4, 0.5) is 0 Å². The molecule has 0 heterocycles. The molecule has 0 saturated heterocycles. The van der Waals surface area contributed by atoms with Crippen LogP contribution in [0.1, 0.15) is 32.6 Å². The number of benzene rings is 2. The van der Waals surface area contributed by atoms with Gasteiger partial charge in [-0.15, -0.1) is 0 Å². The third kappa shape index (κ3) is 3.45. The van der Waals surface area contributed by atoms with Crippen LogP contribution in [0.25, 0.3) is 0 Å². The number of hydrogen-bond acceptors (Lipinski definition) is 2. The second-order valence-electron chi connectivity index (χ2n) is 5.33. The van der Waals surface area contributed by atoms with Crippen LogP contribution < -0.4 is 4.74 Å². The number of ether oxygens (including phenoxy) is 1. The summed E-state index contributed by atoms with van der Waals surface area (Å²) in [6.45, 7) is 5.99. The van der Waals surface area contributed by atoms with E-state index in [1.54, 1.807) is 25.3 Å². The number of carbonyl (C=O) groups is 1. The summed E-state index contributed by atoms with van der Waals surface area (Å²) in [5, 5.41) is 0.607. The minimum absolute atomic E-state index is 0.0885. The van der Waals surface area contributed by atoms with Gasteiger partial charge in [-0.1, -0.05) is 29.3 Å². The Bertz CT molecular complexity index is 667. The lowest BCUT2D eigenvalue weighted by atomic mass is 9.93. The van der Waals surface area contributed by atoms with Crippen LogP contribution in [0.15, 0.2) is 30.3 Å². The van der Waals surface area contributed by atoms with Crippen LogP contribution in [-0.4, -0.2) is 12.9 Å². The van der Waals surface area contributed by atoms with Crippen molar-refractivity contribution in [3.05, 3.63) is 63.2 Å². The molecule has 0 N–H and O–H groups in total. The standard InChI is InChI=1S/C18H19ClO2/c1-11-7-12(2)18(13(3)8-11)16(20)10-14-9-15(19)5-6-17(14)21-4/h5-9H,10H2,1-4H3. The van der Waals surface area contributed by atoms with Crippen molar-refractivity contribution in [1.29, 1.82) is 0 Å². The van der Waals surface area contributed by atoms with Crippen LogP contribution in [0, 0.1) is 20.8 Å². The van der Waals surface area contributed by atoms with Crippen molar-refractivity contribution in [3.8, 4) is 5.75 Å². The van der Waals surface area contributed by atoms with E-state index in [0.29, 0.717) is 10.8 Å². The second kappa shape index (κ2) is 6.31. The van der Waals surface area contributed by atoms with Gasteiger partial charge in [0.15, 0.2) is 5.78 Å². The zero-order valence-corrected chi connectivity index (χ0v) is 13.5. The Balaban J connectivity index is 2.37. The molecule has 2 aromatic carbocycles. The van der Waals surface area contributed by atoms with Gasteiger partial charge in [0.1, 0.15) is 5.75 Å². The van der Waals surface area contributed by atoms with Crippen molar-refractivity contribution in [2.24, 2.45) is 0 Å². The number of hydrogen-bond donors (Lipinski definition) is 0. The molecule has 2 aromatic rings. The van der Waals surface area contributed by atoms with Crippen LogP contribution >= 0.6 is 11.6 Å². The highest BCUT2D eigenvalue weighted by Gasteiger charge is 2.16. The molecule has 2 rings (SSSR count). The maximum atomic E-state index is 12.6. The molecule has 0 atom stereocenters. The SMILES string of the molecule is COc1ccc(Cl)cc1CC(=O)c1c(C)cc(C)cc1C. The number of methoxy groups -OCH3 is 1. The van der Waals surface area contributed by atoms with E-state index < -0.39 is 0 Å². The van der Waals surface area contributed by atoms with Gasteiger partial charge in [0.05, 0.1) is 7.11 Å². The molecular formula is C18H19ClO2. The highest BCUT2D eigenvalue weighted by molar-refractivity contribution is 6.30. The Morgan fingerprint density at radius 1 is 1.10 bits per heavy atom. The van der Waals surface area contributed by atoms with Crippen molar-refractivity contribution < 1.29 is 9.53 Å². The molecule has 0 amide bonds. The van der Waals surface area contributed by atoms with Crippen molar-refractivity contribution in [3.63, 3.8) is 0 Å². The average Bonchev–Trinajstić information content (AvgIpc) is 2.37. The van der Waals surface area contributed by atoms with Gasteiger partial charge in [0.2, 0.25) is 0 Å². The largest absolute Gasteiger partial charge is 0.496 e. The Kier molecular flexibility index (Phi) is 4.69. The molecule has 0 unspecified atom stereocenters. The van der Waals surface area contributed by atoms with Gasteiger partial charge >= 0.3 is 0 Å². The topological polar surface area (TPSA) is 26.3 Å². The van der Waals surface area contributed by atoms with Crippen molar-refractivity contribution in [1.82, 2.24) is 0 Å². The molecular weight excluding hydrogens is 284 g/mol. The normalized spacial score (nSPS) is 10.5. The first kappa shape index (κ1) is 15.6. The predicted octanol–water partition coefficient (Wildman–Crippen LogP) is 4.70. The zero-order valence-electron chi connectivity index (χ0n) is 12.8. The third-order valence-electron chi connectivity index (χ3n) is 3.55. The van der Waals surface area contributed by atoms with Crippen LogP contribution in [0.3, 0.4) is 0 Å². The monoisotopic (exact) mass is 302 g/mol. The van der Waals surface area contributed by atoms with Crippen LogP contribution in [0.2, 0.25) is 5.02 Å². The highest BCUT2D eigenvalue weighted by atomic mass is 35.5. The molecule has 0 aliphatic carbocycles. The second-order valence-corrected chi connectivity index (χ2v) is 5.77. The Hall–Kier alpha value is -1.80. The first-order valence-electron chi connectivity index (χ1n) is 6.86. The van der Waals surface area contributed by atoms with E-state index in [1.165, 1.54) is 5.56 Å². The number of halogens is 1. The molecule has 110 valence electrons. The van der Waals surface area contributed by atoms with Gasteiger partial charge in [-0.2, -0.15) is 0 Å². The van der Waals surface area contributed by atoms with Gasteiger partial charge in [-0.05, 0) is 50.1 Å². The fourth-order valence-electron chi connectivity index (χ4n) is 2.77. The molecule has 0 spiro atoms. The van der Waals surface area contributed by atoms with E-state index in [0.717, 1.165) is 22.3 Å². The summed E-state index contributed by atoms with van der Waals surface area (Å²) in [6, 6.07) is 9.42. The Labute approximate surface area is 130 Å². The quantitative estimate of drug-likeness (QED) is 0.765. The number of Topliss-reactive ketones (excluding diaryl/α,β-unsaturated/α-hetero) is 1. The summed E-state index contributed by atoms with van der Waals surface area (Å²) in [5.41, 5.74) is 4.80. The molecule has 2 nitrogen and oxygen atoms in total. The first-order valence-corrected chi connectivity index (χ1v) is 7.23. The van der Waals surface area contributed by atoms with E-state index in [9.17, 15) is 4.79 Å². The minimum atomic E-state index is 0.0885. The first-order chi connectivity index (χ1) is 9.92. The lowest BCUT2D eigenvalue weighted by Crippen LogP contribution is -2.09. The number of ketones is 1. The van der Waals surface area contributed by atoms with Gasteiger partial charge in [-0.3, -0.25) is 4.79 Å². The predicted molar refractivity (Wildman–Crippen MR) is 86.7 cm³/mol. The highest BCUT2D eigenvalue weighted by Crippen LogP contribution is 2.25. The summed E-state index contributed by atoms with van der Waals surface area (Å²) >= 11 is 6.02. The fraction of sp³-hybridized carbons (Fsp3) is 0.278. The van der Waals surface area contributed by atoms with Crippen molar-refractivity contribution in [2.45, 2.75) is 27.2 Å². The lowest BCUT2D eigenvalue weighted by molar-refractivity contribution is 0.0991. The number of rotatable bonds is 4. The van der Waals surface area contributed by atoms with Gasteiger partial charge in [0.25, 0.3) is 0 Å². The maximum Gasteiger partial charge on any atom is 0.167 e. The van der Waals surface area contributed by atoms with E-state index in [4.69, 9.17) is 16.3 Å². The smallest absolute Gasteiger partial charge is 0.167 e. The summed E-state index contributed by atoms with van der Waals surface area (Å²) in [4.78, 5) is 12.6. The van der Waals surface area contributed by atoms with Gasteiger partial charge in [0, 0.05) is 22.6 Å². The van der Waals surface area contributed by atoms with E-state index in [-0.39, 0.29) is 12.2 Å². The summed E-state index contributed by atoms with van der Waals surface area (Å²) in [7, 11) is 1.60. The zero-order chi connectivity index (χ0) is 15.6. The van der Waals surface area contributed by atoms with E-state index in [2.05, 4.69) is 0 Å². The van der Waals surface area contributed by atoms with E-state index >= 15 is 0 Å². The van der Waals surface area contributed by atoms with Gasteiger partial charge in [-0.25, -0.2) is 0 Å². The molecule has 0 aliphatic rings. The summed E-state index contributed by atoms with van der Waals surface area (Å²) in [5.74, 6) is 0.778. The minimum Gasteiger partial charge on any atom is -0.496 e. The average molecular weight is 303 g/mol. The molecule has 0 aromatic heterocycles. The van der Waals surface area contributed by atoms with Crippen LogP contribution in [0.5, 0.6) is 5.75 Å². The van der Waals surface area contributed by atoms with Crippen LogP contribution in [-0.2, 0) is 6.42 Å². The molecule has 3 heteroatoms. The summed E-state index contributed by atoms with van der Waals surface area (Å²) < 4.78 is 5.31. The lowest BCUT2D eigenvalue weighted by Gasteiger charge is -2.12. The molecule has 0 fully saturated rings. The third-order valence-corrected chi connectivity index (χ3v) is 3.78. The van der Waals surface area contributed by atoms with E-state index in [1.807, 2.05) is 32.9 Å². The van der Waals surface area contributed by atoms with Crippen molar-refractivity contribution in [2.75, 3.05) is 7.11 Å². The number of aryl methyl sites for hydroxylation is 3. The molecule has 0 bridgehead atoms. The maximum absolute atomic E-state index is 12.6. The molecule has 0 saturated carbocycles. The van der Waals surface area contributed by atoms with Gasteiger partial charge < -0.3 is 4.74 Å². The number of carbonyl (C=O) groups excluding carboxylic acids is 1. The Morgan fingerprint density at radius 3 is 2.29 bits per heavy atom. The molecule has 0 aliphatic heterocycles. The molecule has 0 radical (unpaired) electrons.